The van der Waals surface area contributed by atoms with Crippen molar-refractivity contribution >= 4 is 46.8 Å². The fourth-order valence-electron chi connectivity index (χ4n) is 3.85. The number of carbonyl (C=O) groups excluding carboxylic acids is 2. The molecule has 3 aromatic rings. The van der Waals surface area contributed by atoms with Crippen molar-refractivity contribution in [2.24, 2.45) is 5.92 Å². The van der Waals surface area contributed by atoms with Crippen LogP contribution in [0.25, 0.3) is 11.9 Å². The summed E-state index contributed by atoms with van der Waals surface area (Å²) in [5.74, 6) is -1.99. The first kappa shape index (κ1) is 27.2. The quantitative estimate of drug-likeness (QED) is 0.371. The summed E-state index contributed by atoms with van der Waals surface area (Å²) in [6, 6.07) is 8.19. The van der Waals surface area contributed by atoms with Crippen LogP contribution in [0.15, 0.2) is 43.1 Å². The van der Waals surface area contributed by atoms with E-state index in [9.17, 15) is 28.0 Å². The Labute approximate surface area is 225 Å². The molecule has 38 heavy (non-hydrogen) atoms. The average Bonchev–Trinajstić information content (AvgIpc) is 3.63. The lowest BCUT2D eigenvalue weighted by Crippen LogP contribution is -2.47. The van der Waals surface area contributed by atoms with E-state index >= 15 is 0 Å². The van der Waals surface area contributed by atoms with E-state index in [1.54, 1.807) is 6.92 Å². The Hall–Kier alpha value is -3.88. The number of alkyl halides is 3. The first-order valence-electron chi connectivity index (χ1n) is 11.2. The van der Waals surface area contributed by atoms with Crippen molar-refractivity contribution < 1.29 is 22.8 Å². The number of hydrogen-bond acceptors (Lipinski definition) is 5. The number of rotatable bonds is 7. The molecule has 2 amide bonds. The van der Waals surface area contributed by atoms with E-state index in [0.29, 0.717) is 10.7 Å². The first-order chi connectivity index (χ1) is 17.9. The van der Waals surface area contributed by atoms with Crippen LogP contribution >= 0.6 is 23.2 Å². The predicted octanol–water partition coefficient (Wildman–Crippen LogP) is 5.91. The van der Waals surface area contributed by atoms with Crippen LogP contribution in [0.4, 0.5) is 18.9 Å². The van der Waals surface area contributed by atoms with E-state index in [2.05, 4.69) is 33.4 Å². The van der Waals surface area contributed by atoms with Crippen molar-refractivity contribution in [3.63, 3.8) is 0 Å². The second-order valence-electron chi connectivity index (χ2n) is 8.75. The fraction of sp³-hybridized carbons (Fsp3) is 0.240. The zero-order valence-corrected chi connectivity index (χ0v) is 21.2. The molecule has 13 heteroatoms. The number of nitrogens with one attached hydrogen (secondary N) is 2. The standard InChI is InChI=1S/C25H19Cl2F3N6O2/c1-3-13-9-15(26)10-16(22(37)34-24(2,12-31)14-6-7-14)20(13)33-23(38)18-11-19(25(28,29)30)35-36(18)21-17(27)5-4-8-32-21/h3-5,8-11,14H,1,6-7H2,2H3,(H,33,38)(H,34,37). The van der Waals surface area contributed by atoms with Crippen LogP contribution in [0, 0.1) is 17.2 Å². The van der Waals surface area contributed by atoms with Gasteiger partial charge in [0.25, 0.3) is 11.8 Å². The third kappa shape index (κ3) is 5.37. The Bertz CT molecular complexity index is 1490. The number of nitriles is 1. The van der Waals surface area contributed by atoms with Gasteiger partial charge in [-0.1, -0.05) is 35.9 Å². The number of benzene rings is 1. The maximum absolute atomic E-state index is 13.5. The van der Waals surface area contributed by atoms with Crippen LogP contribution in [-0.2, 0) is 6.18 Å². The zero-order chi connectivity index (χ0) is 27.8. The molecule has 1 aromatic carbocycles. The van der Waals surface area contributed by atoms with Crippen LogP contribution in [0.1, 0.15) is 51.9 Å². The summed E-state index contributed by atoms with van der Waals surface area (Å²) >= 11 is 12.3. The summed E-state index contributed by atoms with van der Waals surface area (Å²) in [6.45, 7) is 5.26. The zero-order valence-electron chi connectivity index (χ0n) is 19.7. The number of aromatic nitrogens is 3. The van der Waals surface area contributed by atoms with Crippen molar-refractivity contribution in [3.05, 3.63) is 75.7 Å². The Kier molecular flexibility index (Phi) is 7.23. The number of anilines is 1. The molecule has 4 rings (SSSR count). The van der Waals surface area contributed by atoms with Gasteiger partial charge < -0.3 is 10.6 Å². The predicted molar refractivity (Wildman–Crippen MR) is 135 cm³/mol. The number of hydrogen-bond donors (Lipinski definition) is 2. The smallest absolute Gasteiger partial charge is 0.334 e. The molecule has 2 N–H and O–H groups in total. The van der Waals surface area contributed by atoms with E-state index in [1.807, 2.05) is 0 Å². The monoisotopic (exact) mass is 562 g/mol. The van der Waals surface area contributed by atoms with Gasteiger partial charge >= 0.3 is 6.18 Å². The van der Waals surface area contributed by atoms with Crippen LogP contribution in [0.5, 0.6) is 0 Å². The van der Waals surface area contributed by atoms with Gasteiger partial charge in [0.2, 0.25) is 0 Å². The van der Waals surface area contributed by atoms with Crippen LogP contribution in [0.2, 0.25) is 10.0 Å². The molecule has 2 heterocycles. The lowest BCUT2D eigenvalue weighted by Gasteiger charge is -2.24. The molecular formula is C25H19Cl2F3N6O2. The minimum atomic E-state index is -4.87. The Morgan fingerprint density at radius 1 is 1.24 bits per heavy atom. The van der Waals surface area contributed by atoms with E-state index in [1.165, 1.54) is 36.5 Å². The maximum atomic E-state index is 13.5. The van der Waals surface area contributed by atoms with Gasteiger partial charge in [-0.2, -0.15) is 23.5 Å². The SMILES string of the molecule is C=Cc1cc(Cl)cc(C(=O)NC(C)(C#N)C2CC2)c1NC(=O)c1cc(C(F)(F)F)nn1-c1ncccc1Cl. The van der Waals surface area contributed by atoms with E-state index in [4.69, 9.17) is 23.2 Å². The Morgan fingerprint density at radius 2 is 1.95 bits per heavy atom. The molecule has 1 fully saturated rings. The third-order valence-corrected chi connectivity index (χ3v) is 6.52. The summed E-state index contributed by atoms with van der Waals surface area (Å²) in [6.07, 6.45) is -0.742. The van der Waals surface area contributed by atoms with Crippen LogP contribution in [-0.4, -0.2) is 32.1 Å². The van der Waals surface area contributed by atoms with Crippen LogP contribution in [0.3, 0.4) is 0 Å². The van der Waals surface area contributed by atoms with Gasteiger partial charge in [0, 0.05) is 17.3 Å². The van der Waals surface area contributed by atoms with Gasteiger partial charge in [0.05, 0.1) is 22.3 Å². The highest BCUT2D eigenvalue weighted by molar-refractivity contribution is 6.32. The Morgan fingerprint density at radius 3 is 2.53 bits per heavy atom. The highest BCUT2D eigenvalue weighted by atomic mass is 35.5. The van der Waals surface area contributed by atoms with Gasteiger partial charge in [-0.25, -0.2) is 9.67 Å². The molecular weight excluding hydrogens is 544 g/mol. The topological polar surface area (TPSA) is 113 Å². The molecule has 0 spiro atoms. The normalized spacial score (nSPS) is 14.8. The number of carbonyl (C=O) groups is 2. The first-order valence-corrected chi connectivity index (χ1v) is 11.9. The highest BCUT2D eigenvalue weighted by Gasteiger charge is 2.43. The van der Waals surface area contributed by atoms with Crippen molar-refractivity contribution in [2.75, 3.05) is 5.32 Å². The number of pyridine rings is 1. The molecule has 196 valence electrons. The molecule has 0 radical (unpaired) electrons. The van der Waals surface area contributed by atoms with E-state index in [-0.39, 0.29) is 38.6 Å². The third-order valence-electron chi connectivity index (χ3n) is 6.01. The van der Waals surface area contributed by atoms with Crippen molar-refractivity contribution in [1.82, 2.24) is 20.1 Å². The summed E-state index contributed by atoms with van der Waals surface area (Å²) in [7, 11) is 0. The Balaban J connectivity index is 1.78. The minimum absolute atomic E-state index is 0.0363. The number of halogens is 5. The highest BCUT2D eigenvalue weighted by Crippen LogP contribution is 2.40. The lowest BCUT2D eigenvalue weighted by atomic mass is 9.96. The largest absolute Gasteiger partial charge is 0.435 e. The summed E-state index contributed by atoms with van der Waals surface area (Å²) in [5.41, 5.74) is -3.02. The average molecular weight is 563 g/mol. The van der Waals surface area contributed by atoms with Gasteiger partial charge in [-0.15, -0.1) is 0 Å². The van der Waals surface area contributed by atoms with Gasteiger partial charge in [0.1, 0.15) is 11.2 Å². The molecule has 0 saturated heterocycles. The summed E-state index contributed by atoms with van der Waals surface area (Å²) in [4.78, 5) is 30.6. The molecule has 1 aliphatic carbocycles. The van der Waals surface area contributed by atoms with Crippen molar-refractivity contribution in [3.8, 4) is 11.9 Å². The summed E-state index contributed by atoms with van der Waals surface area (Å²) in [5, 5.41) is 18.4. The molecule has 1 atom stereocenters. The van der Waals surface area contributed by atoms with Crippen molar-refractivity contribution in [2.45, 2.75) is 31.5 Å². The maximum Gasteiger partial charge on any atom is 0.435 e. The molecule has 1 unspecified atom stereocenters. The van der Waals surface area contributed by atoms with Gasteiger partial charge in [-0.05, 0) is 55.5 Å². The number of nitrogens with zero attached hydrogens (tertiary/aromatic N) is 4. The molecule has 0 bridgehead atoms. The number of amides is 2. The fourth-order valence-corrected chi connectivity index (χ4v) is 4.27. The molecule has 1 saturated carbocycles. The lowest BCUT2D eigenvalue weighted by molar-refractivity contribution is -0.141. The van der Waals surface area contributed by atoms with Crippen molar-refractivity contribution in [1.29, 1.82) is 5.26 Å². The van der Waals surface area contributed by atoms with E-state index < -0.39 is 34.9 Å². The summed E-state index contributed by atoms with van der Waals surface area (Å²) < 4.78 is 41.2. The van der Waals surface area contributed by atoms with Gasteiger partial charge in [-0.3, -0.25) is 9.59 Å². The van der Waals surface area contributed by atoms with E-state index in [0.717, 1.165) is 12.8 Å². The second-order valence-corrected chi connectivity index (χ2v) is 9.60. The van der Waals surface area contributed by atoms with Crippen LogP contribution < -0.4 is 10.6 Å². The van der Waals surface area contributed by atoms with Gasteiger partial charge in [0.15, 0.2) is 11.5 Å². The second kappa shape index (κ2) is 10.1. The minimum Gasteiger partial charge on any atom is -0.334 e. The molecule has 8 nitrogen and oxygen atoms in total. The molecule has 2 aromatic heterocycles. The molecule has 1 aliphatic rings. The molecule has 0 aliphatic heterocycles.